The third-order valence-corrected chi connectivity index (χ3v) is 5.65. The van der Waals surface area contributed by atoms with Gasteiger partial charge in [0.1, 0.15) is 12.9 Å². The maximum atomic E-state index is 12.6. The number of aryl methyl sites for hydroxylation is 1. The molecule has 2 amide bonds. The summed E-state index contributed by atoms with van der Waals surface area (Å²) >= 11 is 1.31. The van der Waals surface area contributed by atoms with Crippen molar-refractivity contribution in [1.82, 2.24) is 14.8 Å². The number of nitrogens with one attached hydrogen (secondary N) is 1. The van der Waals surface area contributed by atoms with E-state index < -0.39 is 6.09 Å². The Morgan fingerprint density at radius 1 is 1.17 bits per heavy atom. The van der Waals surface area contributed by atoms with E-state index in [0.717, 1.165) is 12.1 Å². The van der Waals surface area contributed by atoms with Crippen molar-refractivity contribution in [3.8, 4) is 5.69 Å². The summed E-state index contributed by atoms with van der Waals surface area (Å²) in [4.78, 5) is 26.0. The minimum atomic E-state index is -0.409. The summed E-state index contributed by atoms with van der Waals surface area (Å²) in [6.45, 7) is 2.89. The van der Waals surface area contributed by atoms with Crippen molar-refractivity contribution in [2.45, 2.75) is 18.5 Å². The molecule has 1 fully saturated rings. The summed E-state index contributed by atoms with van der Waals surface area (Å²) < 4.78 is 6.90. The summed E-state index contributed by atoms with van der Waals surface area (Å²) in [6.07, 6.45) is 2.13. The van der Waals surface area contributed by atoms with Crippen molar-refractivity contribution >= 4 is 35.1 Å². The predicted molar refractivity (Wildman–Crippen MR) is 115 cm³/mol. The molecule has 0 unspecified atom stereocenters. The lowest BCUT2D eigenvalue weighted by atomic mass is 10.1. The molecule has 1 saturated heterocycles. The first kappa shape index (κ1) is 20.0. The molecule has 1 aromatic heterocycles. The largest absolute Gasteiger partial charge is 0.447 e. The van der Waals surface area contributed by atoms with Crippen molar-refractivity contribution in [3.63, 3.8) is 0 Å². The topological polar surface area (TPSA) is 89.3 Å². The number of para-hydroxylation sites is 3. The zero-order chi connectivity index (χ0) is 20.9. The van der Waals surface area contributed by atoms with Crippen LogP contribution in [0.15, 0.2) is 60.0 Å². The molecule has 0 bridgehead atoms. The third-order valence-electron chi connectivity index (χ3n) is 4.71. The van der Waals surface area contributed by atoms with Crippen LogP contribution in [0.3, 0.4) is 0 Å². The molecule has 8 nitrogen and oxygen atoms in total. The molecule has 2 heterocycles. The molecule has 3 aromatic rings. The molecule has 1 aliphatic rings. The van der Waals surface area contributed by atoms with Crippen LogP contribution in [-0.2, 0) is 16.0 Å². The van der Waals surface area contributed by atoms with Crippen molar-refractivity contribution in [3.05, 3.63) is 60.4 Å². The highest BCUT2D eigenvalue weighted by molar-refractivity contribution is 7.99. The fourth-order valence-corrected chi connectivity index (χ4v) is 4.00. The van der Waals surface area contributed by atoms with E-state index in [0.29, 0.717) is 29.7 Å². The number of carbonyl (C=O) groups is 2. The van der Waals surface area contributed by atoms with Gasteiger partial charge in [0.2, 0.25) is 5.91 Å². The van der Waals surface area contributed by atoms with Crippen LogP contribution in [0.25, 0.3) is 5.69 Å². The van der Waals surface area contributed by atoms with Gasteiger partial charge in [-0.2, -0.15) is 0 Å². The standard InChI is InChI=1S/C21H21N5O3S/c1-2-15-7-3-5-9-17(15)26-14-22-24-20(26)30-13-19(27)23-16-8-4-6-10-18(16)25-11-12-29-21(25)28/h3-10,14H,2,11-13H2,1H3,(H,23,27). The number of thioether (sulfide) groups is 1. The van der Waals surface area contributed by atoms with Crippen molar-refractivity contribution < 1.29 is 14.3 Å². The average Bonchev–Trinajstić information content (AvgIpc) is 3.41. The number of hydrogen-bond acceptors (Lipinski definition) is 6. The number of cyclic esters (lactones) is 1. The summed E-state index contributed by atoms with van der Waals surface area (Å²) in [5, 5.41) is 11.7. The van der Waals surface area contributed by atoms with Crippen LogP contribution in [0.4, 0.5) is 16.2 Å². The van der Waals surface area contributed by atoms with Crippen LogP contribution in [0, 0.1) is 0 Å². The molecule has 1 N–H and O–H groups in total. The Hall–Kier alpha value is -3.33. The number of ether oxygens (including phenoxy) is 1. The number of benzene rings is 2. The van der Waals surface area contributed by atoms with Gasteiger partial charge in [-0.1, -0.05) is 49.0 Å². The van der Waals surface area contributed by atoms with Crippen molar-refractivity contribution in [1.29, 1.82) is 0 Å². The number of amides is 2. The first-order valence-corrected chi connectivity index (χ1v) is 10.6. The monoisotopic (exact) mass is 423 g/mol. The van der Waals surface area contributed by atoms with Gasteiger partial charge in [-0.3, -0.25) is 14.3 Å². The molecule has 1 aliphatic heterocycles. The van der Waals surface area contributed by atoms with Gasteiger partial charge in [0, 0.05) is 0 Å². The number of hydrogen-bond donors (Lipinski definition) is 1. The lowest BCUT2D eigenvalue weighted by molar-refractivity contribution is -0.113. The second-order valence-electron chi connectivity index (χ2n) is 6.59. The SMILES string of the molecule is CCc1ccccc1-n1cnnc1SCC(=O)Nc1ccccc1N1CCOC1=O. The van der Waals surface area contributed by atoms with E-state index in [1.54, 1.807) is 18.5 Å². The molecule has 30 heavy (non-hydrogen) atoms. The van der Waals surface area contributed by atoms with E-state index in [4.69, 9.17) is 4.74 Å². The molecule has 4 rings (SSSR count). The predicted octanol–water partition coefficient (Wildman–Crippen LogP) is 3.52. The van der Waals surface area contributed by atoms with Gasteiger partial charge in [0.25, 0.3) is 0 Å². The van der Waals surface area contributed by atoms with E-state index in [1.807, 2.05) is 34.9 Å². The van der Waals surface area contributed by atoms with Crippen LogP contribution in [-0.4, -0.2) is 45.7 Å². The zero-order valence-electron chi connectivity index (χ0n) is 16.4. The van der Waals surface area contributed by atoms with Crippen LogP contribution in [0.2, 0.25) is 0 Å². The lowest BCUT2D eigenvalue weighted by Gasteiger charge is -2.17. The fourth-order valence-electron chi connectivity index (χ4n) is 3.28. The maximum absolute atomic E-state index is 12.6. The number of aromatic nitrogens is 3. The van der Waals surface area contributed by atoms with E-state index in [2.05, 4.69) is 28.5 Å². The fraction of sp³-hybridized carbons (Fsp3) is 0.238. The molecule has 0 radical (unpaired) electrons. The molecule has 154 valence electrons. The number of carbonyl (C=O) groups excluding carboxylic acids is 2. The minimum absolute atomic E-state index is 0.158. The highest BCUT2D eigenvalue weighted by atomic mass is 32.2. The summed E-state index contributed by atoms with van der Waals surface area (Å²) in [5.74, 6) is -0.0375. The Morgan fingerprint density at radius 3 is 2.70 bits per heavy atom. The van der Waals surface area contributed by atoms with E-state index in [9.17, 15) is 9.59 Å². The van der Waals surface area contributed by atoms with Crippen LogP contribution in [0.1, 0.15) is 12.5 Å². The molecular weight excluding hydrogens is 402 g/mol. The van der Waals surface area contributed by atoms with E-state index in [-0.39, 0.29) is 11.7 Å². The Balaban J connectivity index is 1.45. The first-order valence-electron chi connectivity index (χ1n) is 9.61. The van der Waals surface area contributed by atoms with Gasteiger partial charge in [0.05, 0.1) is 29.4 Å². The van der Waals surface area contributed by atoms with Crippen LogP contribution >= 0.6 is 11.8 Å². The Morgan fingerprint density at radius 2 is 1.93 bits per heavy atom. The zero-order valence-corrected chi connectivity index (χ0v) is 17.3. The number of anilines is 2. The van der Waals surface area contributed by atoms with E-state index >= 15 is 0 Å². The average molecular weight is 423 g/mol. The van der Waals surface area contributed by atoms with Gasteiger partial charge < -0.3 is 10.1 Å². The van der Waals surface area contributed by atoms with Crippen molar-refractivity contribution in [2.75, 3.05) is 29.1 Å². The summed E-state index contributed by atoms with van der Waals surface area (Å²) in [7, 11) is 0. The van der Waals surface area contributed by atoms with Crippen LogP contribution < -0.4 is 10.2 Å². The highest BCUT2D eigenvalue weighted by Gasteiger charge is 2.26. The third kappa shape index (κ3) is 4.16. The quantitative estimate of drug-likeness (QED) is 0.585. The smallest absolute Gasteiger partial charge is 0.414 e. The minimum Gasteiger partial charge on any atom is -0.447 e. The van der Waals surface area contributed by atoms with Gasteiger partial charge in [0.15, 0.2) is 5.16 Å². The number of rotatable bonds is 7. The van der Waals surface area contributed by atoms with Gasteiger partial charge in [-0.15, -0.1) is 10.2 Å². The highest BCUT2D eigenvalue weighted by Crippen LogP contribution is 2.28. The summed E-state index contributed by atoms with van der Waals surface area (Å²) in [5.41, 5.74) is 3.37. The second-order valence-corrected chi connectivity index (χ2v) is 7.53. The van der Waals surface area contributed by atoms with Crippen LogP contribution in [0.5, 0.6) is 0 Å². The molecule has 9 heteroatoms. The number of nitrogens with zero attached hydrogens (tertiary/aromatic N) is 4. The van der Waals surface area contributed by atoms with E-state index in [1.165, 1.54) is 22.2 Å². The Bertz CT molecular complexity index is 1070. The summed E-state index contributed by atoms with van der Waals surface area (Å²) in [6, 6.07) is 15.2. The second kappa shape index (κ2) is 9.00. The Labute approximate surface area is 178 Å². The first-order chi connectivity index (χ1) is 14.7. The van der Waals surface area contributed by atoms with Gasteiger partial charge in [-0.05, 0) is 30.2 Å². The normalized spacial score (nSPS) is 13.4. The molecule has 2 aromatic carbocycles. The molecular formula is C21H21N5O3S. The van der Waals surface area contributed by atoms with Gasteiger partial charge >= 0.3 is 6.09 Å². The molecule has 0 aliphatic carbocycles. The molecule has 0 saturated carbocycles. The van der Waals surface area contributed by atoms with Crippen molar-refractivity contribution in [2.24, 2.45) is 0 Å². The Kier molecular flexibility index (Phi) is 5.99. The molecule has 0 atom stereocenters. The lowest BCUT2D eigenvalue weighted by Crippen LogP contribution is -2.25. The molecule has 0 spiro atoms. The maximum Gasteiger partial charge on any atom is 0.414 e. The van der Waals surface area contributed by atoms with Gasteiger partial charge in [-0.25, -0.2) is 4.79 Å².